The molecule has 7 nitrogen and oxygen atoms in total. The molecule has 1 fully saturated rings. The molecule has 0 aromatic carbocycles. The molecule has 1 saturated carbocycles. The van der Waals surface area contributed by atoms with E-state index in [0.717, 1.165) is 18.1 Å². The van der Waals surface area contributed by atoms with Crippen LogP contribution in [-0.2, 0) is 18.6 Å². The molecular formula is C16H24N6O. The lowest BCUT2D eigenvalue weighted by molar-refractivity contribution is 0.0931. The van der Waals surface area contributed by atoms with Gasteiger partial charge in [0.15, 0.2) is 5.82 Å². The summed E-state index contributed by atoms with van der Waals surface area (Å²) in [5, 5.41) is 15.5. The van der Waals surface area contributed by atoms with Gasteiger partial charge in [-0.05, 0) is 46.6 Å². The SMILES string of the molecule is CCn1cnnc1CNC(=O)c1cc(C2CC2)nn1C(C)(C)C. The van der Waals surface area contributed by atoms with Crippen LogP contribution in [0.15, 0.2) is 12.4 Å². The van der Waals surface area contributed by atoms with Gasteiger partial charge in [-0.2, -0.15) is 5.10 Å². The van der Waals surface area contributed by atoms with E-state index in [-0.39, 0.29) is 11.4 Å². The molecule has 0 spiro atoms. The predicted octanol–water partition coefficient (Wildman–Crippen LogP) is 2.06. The number of nitrogens with zero attached hydrogens (tertiary/aromatic N) is 5. The zero-order chi connectivity index (χ0) is 16.6. The van der Waals surface area contributed by atoms with E-state index >= 15 is 0 Å². The Morgan fingerprint density at radius 1 is 1.39 bits per heavy atom. The van der Waals surface area contributed by atoms with E-state index in [1.54, 1.807) is 6.33 Å². The number of hydrogen-bond donors (Lipinski definition) is 1. The fourth-order valence-corrected chi connectivity index (χ4v) is 2.58. The van der Waals surface area contributed by atoms with E-state index in [1.165, 1.54) is 12.8 Å². The zero-order valence-electron chi connectivity index (χ0n) is 14.2. The summed E-state index contributed by atoms with van der Waals surface area (Å²) in [7, 11) is 0. The first-order valence-corrected chi connectivity index (χ1v) is 8.15. The molecule has 0 aliphatic heterocycles. The Hall–Kier alpha value is -2.18. The maximum Gasteiger partial charge on any atom is 0.269 e. The van der Waals surface area contributed by atoms with Gasteiger partial charge in [-0.15, -0.1) is 10.2 Å². The smallest absolute Gasteiger partial charge is 0.269 e. The molecule has 0 bridgehead atoms. The maximum atomic E-state index is 12.6. The average molecular weight is 316 g/mol. The zero-order valence-corrected chi connectivity index (χ0v) is 14.2. The molecule has 1 amide bonds. The van der Waals surface area contributed by atoms with E-state index in [9.17, 15) is 4.79 Å². The maximum absolute atomic E-state index is 12.6. The molecule has 0 unspecified atom stereocenters. The molecular weight excluding hydrogens is 292 g/mol. The van der Waals surface area contributed by atoms with E-state index in [4.69, 9.17) is 0 Å². The van der Waals surface area contributed by atoms with Gasteiger partial charge in [0.25, 0.3) is 5.91 Å². The lowest BCUT2D eigenvalue weighted by atomic mass is 10.1. The lowest BCUT2D eigenvalue weighted by Gasteiger charge is -2.22. The molecule has 2 heterocycles. The van der Waals surface area contributed by atoms with Crippen molar-refractivity contribution >= 4 is 5.91 Å². The van der Waals surface area contributed by atoms with Crippen LogP contribution >= 0.6 is 0 Å². The van der Waals surface area contributed by atoms with Crippen molar-refractivity contribution in [3.63, 3.8) is 0 Å². The van der Waals surface area contributed by atoms with E-state index in [0.29, 0.717) is 18.2 Å². The minimum atomic E-state index is -0.233. The number of aromatic nitrogens is 5. The van der Waals surface area contributed by atoms with Gasteiger partial charge in [0.2, 0.25) is 0 Å². The molecule has 1 N–H and O–H groups in total. The minimum Gasteiger partial charge on any atom is -0.343 e. The first-order chi connectivity index (χ1) is 10.9. The molecule has 0 radical (unpaired) electrons. The second kappa shape index (κ2) is 5.79. The van der Waals surface area contributed by atoms with Gasteiger partial charge < -0.3 is 9.88 Å². The molecule has 0 atom stereocenters. The number of nitrogens with one attached hydrogen (secondary N) is 1. The third-order valence-electron chi connectivity index (χ3n) is 4.04. The summed E-state index contributed by atoms with van der Waals surface area (Å²) in [6.45, 7) is 9.33. The van der Waals surface area contributed by atoms with Gasteiger partial charge >= 0.3 is 0 Å². The molecule has 23 heavy (non-hydrogen) atoms. The molecule has 1 aliphatic rings. The van der Waals surface area contributed by atoms with Crippen LogP contribution in [0.2, 0.25) is 0 Å². The third kappa shape index (κ3) is 3.28. The summed E-state index contributed by atoms with van der Waals surface area (Å²) in [5.41, 5.74) is 1.41. The molecule has 7 heteroatoms. The number of rotatable bonds is 5. The van der Waals surface area contributed by atoms with Crippen molar-refractivity contribution in [1.29, 1.82) is 0 Å². The summed E-state index contributed by atoms with van der Waals surface area (Å²) in [5.74, 6) is 1.16. The summed E-state index contributed by atoms with van der Waals surface area (Å²) < 4.78 is 3.75. The Morgan fingerprint density at radius 2 is 2.13 bits per heavy atom. The van der Waals surface area contributed by atoms with Crippen molar-refractivity contribution in [2.24, 2.45) is 0 Å². The van der Waals surface area contributed by atoms with Crippen molar-refractivity contribution in [3.05, 3.63) is 29.6 Å². The molecule has 2 aromatic heterocycles. The van der Waals surface area contributed by atoms with Crippen molar-refractivity contribution in [2.45, 2.75) is 65.1 Å². The van der Waals surface area contributed by atoms with Crippen molar-refractivity contribution in [1.82, 2.24) is 29.9 Å². The van der Waals surface area contributed by atoms with Gasteiger partial charge in [-0.1, -0.05) is 0 Å². The number of amides is 1. The molecule has 124 valence electrons. The summed E-state index contributed by atoms with van der Waals surface area (Å²) in [6.07, 6.45) is 4.01. The number of aryl methyl sites for hydroxylation is 1. The highest BCUT2D eigenvalue weighted by molar-refractivity contribution is 5.92. The standard InChI is InChI=1S/C16H24N6O/c1-5-21-10-18-19-14(21)9-17-15(23)13-8-12(11-6-7-11)20-22(13)16(2,3)4/h8,10-11H,5-7,9H2,1-4H3,(H,17,23). The number of hydrogen-bond acceptors (Lipinski definition) is 4. The molecule has 3 rings (SSSR count). The summed E-state index contributed by atoms with van der Waals surface area (Å²) in [6, 6.07) is 1.93. The van der Waals surface area contributed by atoms with Gasteiger partial charge in [-0.25, -0.2) is 0 Å². The lowest BCUT2D eigenvalue weighted by Crippen LogP contribution is -2.32. The van der Waals surface area contributed by atoms with Crippen LogP contribution < -0.4 is 5.32 Å². The highest BCUT2D eigenvalue weighted by Crippen LogP contribution is 2.40. The monoisotopic (exact) mass is 316 g/mol. The van der Waals surface area contributed by atoms with Gasteiger partial charge in [0, 0.05) is 12.5 Å². The van der Waals surface area contributed by atoms with Gasteiger partial charge in [-0.3, -0.25) is 9.48 Å². The normalized spacial score (nSPS) is 15.0. The van der Waals surface area contributed by atoms with Crippen LogP contribution in [0.5, 0.6) is 0 Å². The Morgan fingerprint density at radius 3 is 2.74 bits per heavy atom. The van der Waals surface area contributed by atoms with E-state index in [2.05, 4.69) is 41.4 Å². The second-order valence-corrected chi connectivity index (χ2v) is 7.03. The Bertz CT molecular complexity index is 704. The van der Waals surface area contributed by atoms with E-state index in [1.807, 2.05) is 22.2 Å². The van der Waals surface area contributed by atoms with Crippen LogP contribution in [0.1, 0.15) is 68.5 Å². The predicted molar refractivity (Wildman–Crippen MR) is 86.1 cm³/mol. The molecule has 0 saturated heterocycles. The Kier molecular flexibility index (Phi) is 3.95. The fraction of sp³-hybridized carbons (Fsp3) is 0.625. The van der Waals surface area contributed by atoms with Crippen molar-refractivity contribution < 1.29 is 4.79 Å². The van der Waals surface area contributed by atoms with E-state index < -0.39 is 0 Å². The summed E-state index contributed by atoms with van der Waals surface area (Å²) >= 11 is 0. The Labute approximate surface area is 136 Å². The quantitative estimate of drug-likeness (QED) is 0.916. The third-order valence-corrected chi connectivity index (χ3v) is 4.04. The van der Waals surface area contributed by atoms with Crippen LogP contribution in [0.3, 0.4) is 0 Å². The highest BCUT2D eigenvalue weighted by Gasteiger charge is 2.31. The summed E-state index contributed by atoms with van der Waals surface area (Å²) in [4.78, 5) is 12.6. The Balaban J connectivity index is 1.78. The number of carbonyl (C=O) groups excluding carboxylic acids is 1. The second-order valence-electron chi connectivity index (χ2n) is 7.03. The molecule has 2 aromatic rings. The molecule has 1 aliphatic carbocycles. The van der Waals surface area contributed by atoms with Crippen LogP contribution in [0, 0.1) is 0 Å². The van der Waals surface area contributed by atoms with Gasteiger partial charge in [0.05, 0.1) is 17.8 Å². The van der Waals surface area contributed by atoms with Crippen molar-refractivity contribution in [2.75, 3.05) is 0 Å². The highest BCUT2D eigenvalue weighted by atomic mass is 16.2. The first-order valence-electron chi connectivity index (χ1n) is 8.15. The van der Waals surface area contributed by atoms with Crippen LogP contribution in [-0.4, -0.2) is 30.5 Å². The fourth-order valence-electron chi connectivity index (χ4n) is 2.58. The topological polar surface area (TPSA) is 77.6 Å². The number of carbonyl (C=O) groups is 1. The van der Waals surface area contributed by atoms with Crippen LogP contribution in [0.4, 0.5) is 0 Å². The van der Waals surface area contributed by atoms with Crippen LogP contribution in [0.25, 0.3) is 0 Å². The average Bonchev–Trinajstić information content (AvgIpc) is 3.08. The first kappa shape index (κ1) is 15.7. The minimum absolute atomic E-state index is 0.120. The van der Waals surface area contributed by atoms with Gasteiger partial charge in [0.1, 0.15) is 12.0 Å². The largest absolute Gasteiger partial charge is 0.343 e. The van der Waals surface area contributed by atoms with Crippen molar-refractivity contribution in [3.8, 4) is 0 Å².